The fraction of sp³-hybridized carbons (Fsp3) is 0.176. The van der Waals surface area contributed by atoms with Crippen molar-refractivity contribution in [3.8, 4) is 0 Å². The lowest BCUT2D eigenvalue weighted by Gasteiger charge is -2.04. The Balaban J connectivity index is 1.85. The number of benzene rings is 2. The summed E-state index contributed by atoms with van der Waals surface area (Å²) in [5, 5.41) is 4.12. The number of rotatable bonds is 5. The van der Waals surface area contributed by atoms with Gasteiger partial charge in [0.1, 0.15) is 0 Å². The standard InChI is InChI=1S/C17H19N3O/c1-13(7-8-14-5-3-2-4-6-14)19-20-17(21)15-9-11-16(18)12-10-15/h2-6,9-12H,7-8,18H2,1H3,(H,20,21)/b19-13+. The van der Waals surface area contributed by atoms with E-state index >= 15 is 0 Å². The van der Waals surface area contributed by atoms with Crippen LogP contribution in [0.1, 0.15) is 29.3 Å². The highest BCUT2D eigenvalue weighted by Gasteiger charge is 2.03. The fourth-order valence-electron chi connectivity index (χ4n) is 1.87. The molecule has 0 unspecified atom stereocenters. The van der Waals surface area contributed by atoms with Crippen molar-refractivity contribution >= 4 is 17.3 Å². The topological polar surface area (TPSA) is 67.5 Å². The number of nitrogens with zero attached hydrogens (tertiary/aromatic N) is 1. The molecular formula is C17H19N3O. The molecule has 0 radical (unpaired) electrons. The van der Waals surface area contributed by atoms with Crippen LogP contribution >= 0.6 is 0 Å². The monoisotopic (exact) mass is 281 g/mol. The van der Waals surface area contributed by atoms with Gasteiger partial charge in [0.05, 0.1) is 0 Å². The largest absolute Gasteiger partial charge is 0.399 e. The van der Waals surface area contributed by atoms with E-state index in [1.807, 2.05) is 25.1 Å². The third-order valence-electron chi connectivity index (χ3n) is 3.14. The number of carbonyl (C=O) groups excluding carboxylic acids is 1. The molecule has 0 heterocycles. The number of carbonyl (C=O) groups is 1. The van der Waals surface area contributed by atoms with Gasteiger partial charge in [-0.25, -0.2) is 5.43 Å². The molecule has 3 N–H and O–H groups in total. The number of nitrogens with one attached hydrogen (secondary N) is 1. The van der Waals surface area contributed by atoms with Crippen LogP contribution < -0.4 is 11.2 Å². The maximum atomic E-state index is 11.9. The molecule has 0 fully saturated rings. The van der Waals surface area contributed by atoms with Gasteiger partial charge in [-0.3, -0.25) is 4.79 Å². The molecule has 2 rings (SSSR count). The van der Waals surface area contributed by atoms with Crippen LogP contribution in [0.15, 0.2) is 59.7 Å². The van der Waals surface area contributed by atoms with E-state index in [4.69, 9.17) is 5.73 Å². The Bertz CT molecular complexity index is 618. The van der Waals surface area contributed by atoms with Gasteiger partial charge in [0, 0.05) is 17.0 Å². The van der Waals surface area contributed by atoms with Crippen molar-refractivity contribution in [2.24, 2.45) is 5.10 Å². The van der Waals surface area contributed by atoms with E-state index in [1.54, 1.807) is 24.3 Å². The van der Waals surface area contributed by atoms with Gasteiger partial charge in [-0.2, -0.15) is 5.10 Å². The van der Waals surface area contributed by atoms with Gasteiger partial charge in [-0.1, -0.05) is 30.3 Å². The normalized spacial score (nSPS) is 11.2. The summed E-state index contributed by atoms with van der Waals surface area (Å²) in [6.07, 6.45) is 1.72. The molecule has 0 saturated heterocycles. The van der Waals surface area contributed by atoms with Gasteiger partial charge in [0.25, 0.3) is 5.91 Å². The lowest BCUT2D eigenvalue weighted by Crippen LogP contribution is -2.19. The number of nitrogens with two attached hydrogens (primary N) is 1. The Morgan fingerprint density at radius 3 is 2.43 bits per heavy atom. The van der Waals surface area contributed by atoms with Crippen molar-refractivity contribution in [1.82, 2.24) is 5.43 Å². The van der Waals surface area contributed by atoms with E-state index < -0.39 is 0 Å². The molecule has 2 aromatic carbocycles. The minimum absolute atomic E-state index is 0.228. The predicted octanol–water partition coefficient (Wildman–Crippen LogP) is 3.01. The van der Waals surface area contributed by atoms with Gasteiger partial charge in [-0.15, -0.1) is 0 Å². The highest BCUT2D eigenvalue weighted by molar-refractivity contribution is 5.95. The number of amides is 1. The van der Waals surface area contributed by atoms with E-state index in [0.29, 0.717) is 11.3 Å². The smallest absolute Gasteiger partial charge is 0.271 e. The van der Waals surface area contributed by atoms with Crippen molar-refractivity contribution in [3.63, 3.8) is 0 Å². The number of aryl methyl sites for hydroxylation is 1. The van der Waals surface area contributed by atoms with Gasteiger partial charge in [0.2, 0.25) is 0 Å². The van der Waals surface area contributed by atoms with Gasteiger partial charge >= 0.3 is 0 Å². The summed E-state index contributed by atoms with van der Waals surface area (Å²) >= 11 is 0. The van der Waals surface area contributed by atoms with Gasteiger partial charge < -0.3 is 5.73 Å². The second-order valence-electron chi connectivity index (χ2n) is 4.90. The summed E-state index contributed by atoms with van der Waals surface area (Å²) in [5.74, 6) is -0.228. The maximum Gasteiger partial charge on any atom is 0.271 e. The minimum atomic E-state index is -0.228. The molecule has 0 aliphatic rings. The zero-order valence-electron chi connectivity index (χ0n) is 12.0. The summed E-state index contributed by atoms with van der Waals surface area (Å²) in [4.78, 5) is 11.9. The zero-order chi connectivity index (χ0) is 15.1. The number of nitrogen functional groups attached to an aromatic ring is 1. The summed E-state index contributed by atoms with van der Waals surface area (Å²) in [6.45, 7) is 1.91. The highest BCUT2D eigenvalue weighted by atomic mass is 16.2. The fourth-order valence-corrected chi connectivity index (χ4v) is 1.87. The highest BCUT2D eigenvalue weighted by Crippen LogP contribution is 2.06. The minimum Gasteiger partial charge on any atom is -0.399 e. The molecule has 0 aliphatic carbocycles. The molecule has 0 aliphatic heterocycles. The van der Waals surface area contributed by atoms with Gasteiger partial charge in [0.15, 0.2) is 0 Å². The zero-order valence-corrected chi connectivity index (χ0v) is 12.0. The third-order valence-corrected chi connectivity index (χ3v) is 3.14. The van der Waals surface area contributed by atoms with Crippen molar-refractivity contribution < 1.29 is 4.79 Å². The average molecular weight is 281 g/mol. The van der Waals surface area contributed by atoms with Crippen LogP contribution in [0, 0.1) is 0 Å². The van der Waals surface area contributed by atoms with Crippen LogP contribution in [-0.2, 0) is 6.42 Å². The lowest BCUT2D eigenvalue weighted by molar-refractivity contribution is 0.0954. The molecule has 21 heavy (non-hydrogen) atoms. The molecule has 4 heteroatoms. The maximum absolute atomic E-state index is 11.9. The number of hydrogen-bond acceptors (Lipinski definition) is 3. The van der Waals surface area contributed by atoms with E-state index in [1.165, 1.54) is 5.56 Å². The second-order valence-corrected chi connectivity index (χ2v) is 4.90. The molecule has 0 bridgehead atoms. The second kappa shape index (κ2) is 7.24. The number of hydrogen-bond donors (Lipinski definition) is 2. The van der Waals surface area contributed by atoms with E-state index in [2.05, 4.69) is 22.7 Å². The van der Waals surface area contributed by atoms with E-state index in [9.17, 15) is 4.79 Å². The molecule has 4 nitrogen and oxygen atoms in total. The van der Waals surface area contributed by atoms with Crippen LogP contribution in [0.3, 0.4) is 0 Å². The van der Waals surface area contributed by atoms with Crippen molar-refractivity contribution in [2.45, 2.75) is 19.8 Å². The Labute approximate surface area is 124 Å². The van der Waals surface area contributed by atoms with Crippen LogP contribution in [0.2, 0.25) is 0 Å². The Hall–Kier alpha value is -2.62. The molecule has 0 aromatic heterocycles. The Kier molecular flexibility index (Phi) is 5.10. The van der Waals surface area contributed by atoms with Crippen LogP contribution in [0.5, 0.6) is 0 Å². The van der Waals surface area contributed by atoms with Crippen LogP contribution in [0.4, 0.5) is 5.69 Å². The molecular weight excluding hydrogens is 262 g/mol. The Morgan fingerprint density at radius 2 is 1.76 bits per heavy atom. The lowest BCUT2D eigenvalue weighted by atomic mass is 10.1. The van der Waals surface area contributed by atoms with Crippen molar-refractivity contribution in [2.75, 3.05) is 5.73 Å². The average Bonchev–Trinajstić information content (AvgIpc) is 2.52. The number of hydrazone groups is 1. The molecule has 0 saturated carbocycles. The molecule has 0 atom stereocenters. The van der Waals surface area contributed by atoms with Gasteiger partial charge in [-0.05, 0) is 49.6 Å². The first-order valence-electron chi connectivity index (χ1n) is 6.88. The summed E-state index contributed by atoms with van der Waals surface area (Å²) < 4.78 is 0. The third kappa shape index (κ3) is 4.76. The predicted molar refractivity (Wildman–Crippen MR) is 86.2 cm³/mol. The summed E-state index contributed by atoms with van der Waals surface area (Å²) in [5.41, 5.74) is 11.5. The number of anilines is 1. The molecule has 0 spiro atoms. The molecule has 108 valence electrons. The summed E-state index contributed by atoms with van der Waals surface area (Å²) in [7, 11) is 0. The molecule has 2 aromatic rings. The molecule has 1 amide bonds. The van der Waals surface area contributed by atoms with E-state index in [-0.39, 0.29) is 5.91 Å². The van der Waals surface area contributed by atoms with Crippen LogP contribution in [0.25, 0.3) is 0 Å². The first-order valence-corrected chi connectivity index (χ1v) is 6.88. The summed E-state index contributed by atoms with van der Waals surface area (Å²) in [6, 6.07) is 17.0. The van der Waals surface area contributed by atoms with E-state index in [0.717, 1.165) is 18.6 Å². The van der Waals surface area contributed by atoms with Crippen molar-refractivity contribution in [1.29, 1.82) is 0 Å². The van der Waals surface area contributed by atoms with Crippen LogP contribution in [-0.4, -0.2) is 11.6 Å². The first-order chi connectivity index (χ1) is 10.1. The Morgan fingerprint density at radius 1 is 1.10 bits per heavy atom. The van der Waals surface area contributed by atoms with Crippen molar-refractivity contribution in [3.05, 3.63) is 65.7 Å². The SMILES string of the molecule is C/C(CCc1ccccc1)=N\NC(=O)c1ccc(N)cc1. The quantitative estimate of drug-likeness (QED) is 0.502. The first kappa shape index (κ1) is 14.8.